The largest absolute Gasteiger partial charge is 0.493 e. The van der Waals surface area contributed by atoms with Crippen LogP contribution in [0.5, 0.6) is 5.75 Å². The third-order valence-electron chi connectivity index (χ3n) is 3.25. The van der Waals surface area contributed by atoms with Gasteiger partial charge in [-0.1, -0.05) is 12.1 Å². The summed E-state index contributed by atoms with van der Waals surface area (Å²) in [5, 5.41) is 0. The minimum atomic E-state index is -0.267. The Hall–Kier alpha value is -1.06. The van der Waals surface area contributed by atoms with Crippen LogP contribution in [0.4, 0.5) is 0 Å². The van der Waals surface area contributed by atoms with Gasteiger partial charge in [-0.15, -0.1) is 0 Å². The molecule has 94 valence electrons. The number of hydrogen-bond donors (Lipinski definition) is 1. The van der Waals surface area contributed by atoms with Gasteiger partial charge in [-0.05, 0) is 45.1 Å². The van der Waals surface area contributed by atoms with Crippen molar-refractivity contribution in [3.8, 4) is 5.75 Å². The molecule has 0 bridgehead atoms. The van der Waals surface area contributed by atoms with E-state index in [1.807, 2.05) is 0 Å². The maximum atomic E-state index is 6.28. The van der Waals surface area contributed by atoms with E-state index in [-0.39, 0.29) is 11.6 Å². The van der Waals surface area contributed by atoms with Crippen LogP contribution in [0, 0.1) is 0 Å². The molecule has 3 heteroatoms. The van der Waals surface area contributed by atoms with Crippen LogP contribution in [-0.2, 0) is 6.42 Å². The van der Waals surface area contributed by atoms with Crippen molar-refractivity contribution < 1.29 is 4.74 Å². The molecule has 0 saturated carbocycles. The molecule has 0 aromatic heterocycles. The molecule has 1 aliphatic heterocycles. The van der Waals surface area contributed by atoms with Crippen LogP contribution in [0.15, 0.2) is 18.2 Å². The molecule has 0 spiro atoms. The molecule has 1 aliphatic rings. The van der Waals surface area contributed by atoms with Gasteiger partial charge in [0.2, 0.25) is 0 Å². The molecular formula is C14H22N2O. The van der Waals surface area contributed by atoms with Crippen LogP contribution < -0.4 is 10.5 Å². The zero-order valence-corrected chi connectivity index (χ0v) is 11.2. The van der Waals surface area contributed by atoms with Gasteiger partial charge in [0, 0.05) is 12.0 Å². The van der Waals surface area contributed by atoms with Crippen LogP contribution in [0.1, 0.15) is 31.0 Å². The van der Waals surface area contributed by atoms with Crippen LogP contribution in [0.2, 0.25) is 0 Å². The predicted molar refractivity (Wildman–Crippen MR) is 70.3 cm³/mol. The first-order valence-electron chi connectivity index (χ1n) is 6.10. The first-order chi connectivity index (χ1) is 7.89. The number of nitrogens with two attached hydrogens (primary N) is 1. The quantitative estimate of drug-likeness (QED) is 0.869. The summed E-state index contributed by atoms with van der Waals surface area (Å²) < 4.78 is 5.53. The second-order valence-electron chi connectivity index (χ2n) is 5.65. The standard InChI is InChI=1S/C14H22N2O/c1-14(2,15)13(16(3)4)11-5-6-12-10(9-11)7-8-17-12/h5-6,9,13H,7-8,15H2,1-4H3. The van der Waals surface area contributed by atoms with Gasteiger partial charge in [0.15, 0.2) is 0 Å². The Morgan fingerprint density at radius 1 is 1.35 bits per heavy atom. The van der Waals surface area contributed by atoms with Crippen molar-refractivity contribution in [1.29, 1.82) is 0 Å². The molecule has 1 atom stereocenters. The molecule has 17 heavy (non-hydrogen) atoms. The molecule has 1 aromatic carbocycles. The van der Waals surface area contributed by atoms with E-state index in [4.69, 9.17) is 10.5 Å². The normalized spacial score (nSPS) is 16.8. The highest BCUT2D eigenvalue weighted by Crippen LogP contribution is 2.33. The fraction of sp³-hybridized carbons (Fsp3) is 0.571. The molecular weight excluding hydrogens is 212 g/mol. The number of fused-ring (bicyclic) bond motifs is 1. The highest BCUT2D eigenvalue weighted by Gasteiger charge is 2.29. The van der Waals surface area contributed by atoms with Gasteiger partial charge >= 0.3 is 0 Å². The van der Waals surface area contributed by atoms with E-state index < -0.39 is 0 Å². The summed E-state index contributed by atoms with van der Waals surface area (Å²) in [5.41, 5.74) is 8.59. The fourth-order valence-electron chi connectivity index (χ4n) is 2.77. The topological polar surface area (TPSA) is 38.5 Å². The average molecular weight is 234 g/mol. The Bertz CT molecular complexity index is 407. The Kier molecular flexibility index (Phi) is 3.15. The number of rotatable bonds is 3. The van der Waals surface area contributed by atoms with Gasteiger partial charge in [0.1, 0.15) is 5.75 Å². The summed E-state index contributed by atoms with van der Waals surface area (Å²) >= 11 is 0. The first-order valence-corrected chi connectivity index (χ1v) is 6.10. The molecule has 2 rings (SSSR count). The van der Waals surface area contributed by atoms with Gasteiger partial charge < -0.3 is 15.4 Å². The van der Waals surface area contributed by atoms with Crippen LogP contribution >= 0.6 is 0 Å². The summed E-state index contributed by atoms with van der Waals surface area (Å²) in [6.07, 6.45) is 1.01. The third-order valence-corrected chi connectivity index (χ3v) is 3.25. The van der Waals surface area contributed by atoms with Crippen molar-refractivity contribution in [2.45, 2.75) is 31.8 Å². The average Bonchev–Trinajstić information content (AvgIpc) is 2.61. The van der Waals surface area contributed by atoms with Gasteiger partial charge in [0.05, 0.1) is 12.6 Å². The van der Waals surface area contributed by atoms with E-state index in [0.717, 1.165) is 18.8 Å². The number of benzene rings is 1. The lowest BCUT2D eigenvalue weighted by atomic mass is 9.88. The van der Waals surface area contributed by atoms with E-state index in [1.165, 1.54) is 11.1 Å². The number of nitrogens with zero attached hydrogens (tertiary/aromatic N) is 1. The second-order valence-corrected chi connectivity index (χ2v) is 5.65. The number of ether oxygens (including phenoxy) is 1. The maximum absolute atomic E-state index is 6.28. The smallest absolute Gasteiger partial charge is 0.122 e. The van der Waals surface area contributed by atoms with Gasteiger partial charge in [-0.3, -0.25) is 0 Å². The van der Waals surface area contributed by atoms with Crippen molar-refractivity contribution in [1.82, 2.24) is 4.90 Å². The minimum Gasteiger partial charge on any atom is -0.493 e. The van der Waals surface area contributed by atoms with Gasteiger partial charge in [-0.25, -0.2) is 0 Å². The summed E-state index contributed by atoms with van der Waals surface area (Å²) in [4.78, 5) is 2.18. The first kappa shape index (κ1) is 12.4. The lowest BCUT2D eigenvalue weighted by molar-refractivity contribution is 0.204. The van der Waals surface area contributed by atoms with E-state index in [9.17, 15) is 0 Å². The molecule has 3 nitrogen and oxygen atoms in total. The number of hydrogen-bond acceptors (Lipinski definition) is 3. The van der Waals surface area contributed by atoms with Gasteiger partial charge in [0.25, 0.3) is 0 Å². The van der Waals surface area contributed by atoms with Crippen LogP contribution in [0.25, 0.3) is 0 Å². The predicted octanol–water partition coefficient (Wildman–Crippen LogP) is 1.96. The van der Waals surface area contributed by atoms with Crippen molar-refractivity contribution in [3.05, 3.63) is 29.3 Å². The maximum Gasteiger partial charge on any atom is 0.122 e. The lowest BCUT2D eigenvalue weighted by Crippen LogP contribution is -2.45. The molecule has 0 amide bonds. The third kappa shape index (κ3) is 2.45. The van der Waals surface area contributed by atoms with Crippen LogP contribution in [-0.4, -0.2) is 31.1 Å². The van der Waals surface area contributed by atoms with Crippen molar-refractivity contribution in [3.63, 3.8) is 0 Å². The van der Waals surface area contributed by atoms with Crippen molar-refractivity contribution in [2.75, 3.05) is 20.7 Å². The lowest BCUT2D eigenvalue weighted by Gasteiger charge is -2.36. The Labute approximate surface area is 104 Å². The summed E-state index contributed by atoms with van der Waals surface area (Å²) in [5.74, 6) is 1.03. The Balaban J connectivity index is 2.37. The summed E-state index contributed by atoms with van der Waals surface area (Å²) in [6, 6.07) is 6.65. The Morgan fingerprint density at radius 3 is 2.65 bits per heavy atom. The molecule has 0 saturated heterocycles. The molecule has 1 unspecified atom stereocenters. The molecule has 2 N–H and O–H groups in total. The van der Waals surface area contributed by atoms with E-state index in [0.29, 0.717) is 0 Å². The van der Waals surface area contributed by atoms with E-state index in [1.54, 1.807) is 0 Å². The zero-order chi connectivity index (χ0) is 12.6. The zero-order valence-electron chi connectivity index (χ0n) is 11.2. The van der Waals surface area contributed by atoms with Crippen molar-refractivity contribution in [2.24, 2.45) is 5.73 Å². The molecule has 0 fully saturated rings. The monoisotopic (exact) mass is 234 g/mol. The minimum absolute atomic E-state index is 0.216. The SMILES string of the molecule is CN(C)C(c1ccc2c(c1)CCO2)C(C)(C)N. The second kappa shape index (κ2) is 4.31. The highest BCUT2D eigenvalue weighted by atomic mass is 16.5. The molecule has 0 radical (unpaired) electrons. The molecule has 1 heterocycles. The summed E-state index contributed by atoms with van der Waals surface area (Å²) in [6.45, 7) is 4.94. The van der Waals surface area contributed by atoms with E-state index in [2.05, 4.69) is 51.0 Å². The Morgan fingerprint density at radius 2 is 2.06 bits per heavy atom. The number of likely N-dealkylation sites (N-methyl/N-ethyl adjacent to an activating group) is 1. The highest BCUT2D eigenvalue weighted by molar-refractivity contribution is 5.41. The molecule has 1 aromatic rings. The van der Waals surface area contributed by atoms with E-state index >= 15 is 0 Å². The van der Waals surface area contributed by atoms with Gasteiger partial charge in [-0.2, -0.15) is 0 Å². The summed E-state index contributed by atoms with van der Waals surface area (Å²) in [7, 11) is 4.14. The van der Waals surface area contributed by atoms with Crippen molar-refractivity contribution >= 4 is 0 Å². The van der Waals surface area contributed by atoms with Crippen LogP contribution in [0.3, 0.4) is 0 Å². The molecule has 0 aliphatic carbocycles. The fourth-order valence-corrected chi connectivity index (χ4v) is 2.77.